The van der Waals surface area contributed by atoms with Crippen molar-refractivity contribution in [3.63, 3.8) is 0 Å². The highest BCUT2D eigenvalue weighted by molar-refractivity contribution is 7.90. The predicted octanol–water partition coefficient (Wildman–Crippen LogP) is 1.11. The van der Waals surface area contributed by atoms with Crippen LogP contribution >= 0.6 is 0 Å². The minimum atomic E-state index is -3.19. The third-order valence-corrected chi connectivity index (χ3v) is 6.65. The Labute approximate surface area is 137 Å². The molecule has 126 valence electrons. The molecule has 1 unspecified atom stereocenters. The van der Waals surface area contributed by atoms with Crippen molar-refractivity contribution in [1.29, 1.82) is 0 Å². The van der Waals surface area contributed by atoms with Gasteiger partial charge in [-0.25, -0.2) is 8.42 Å². The number of hydrogen-bond donors (Lipinski definition) is 2. The molecule has 1 aromatic rings. The van der Waals surface area contributed by atoms with Crippen LogP contribution in [0.25, 0.3) is 0 Å². The van der Waals surface area contributed by atoms with Crippen LogP contribution in [0.2, 0.25) is 0 Å². The van der Waals surface area contributed by atoms with E-state index in [1.165, 1.54) is 0 Å². The van der Waals surface area contributed by atoms with Gasteiger partial charge in [0.1, 0.15) is 0 Å². The van der Waals surface area contributed by atoms with Crippen LogP contribution in [0.5, 0.6) is 0 Å². The maximum atomic E-state index is 12.2. The number of piperidine rings is 1. The van der Waals surface area contributed by atoms with Gasteiger partial charge in [-0.05, 0) is 43.3 Å². The molecule has 1 heterocycles. The zero-order valence-corrected chi connectivity index (χ0v) is 14.1. The van der Waals surface area contributed by atoms with E-state index in [2.05, 4.69) is 10.6 Å². The normalized spacial score (nSPS) is 22.7. The molecule has 1 spiro atoms. The van der Waals surface area contributed by atoms with Gasteiger partial charge in [0.2, 0.25) is 5.91 Å². The fourth-order valence-corrected chi connectivity index (χ4v) is 4.81. The molecule has 3 rings (SSSR count). The third kappa shape index (κ3) is 4.12. The lowest BCUT2D eigenvalue weighted by Crippen LogP contribution is -2.35. The Morgan fingerprint density at radius 2 is 1.91 bits per heavy atom. The molecule has 2 N–H and O–H groups in total. The Kier molecular flexibility index (Phi) is 4.73. The summed E-state index contributed by atoms with van der Waals surface area (Å²) in [6.45, 7) is 2.17. The van der Waals surface area contributed by atoms with Gasteiger partial charge < -0.3 is 10.6 Å². The van der Waals surface area contributed by atoms with Crippen LogP contribution in [0.15, 0.2) is 30.3 Å². The first-order valence-electron chi connectivity index (χ1n) is 8.24. The molecule has 1 aliphatic heterocycles. The molecule has 5 nitrogen and oxygen atoms in total. The molecule has 0 radical (unpaired) electrons. The van der Waals surface area contributed by atoms with Gasteiger partial charge in [0.25, 0.3) is 0 Å². The minimum Gasteiger partial charge on any atom is -0.355 e. The van der Waals surface area contributed by atoms with E-state index in [-0.39, 0.29) is 35.3 Å². The van der Waals surface area contributed by atoms with Gasteiger partial charge in [-0.3, -0.25) is 4.79 Å². The van der Waals surface area contributed by atoms with Crippen LogP contribution in [0.3, 0.4) is 0 Å². The molecule has 1 atom stereocenters. The van der Waals surface area contributed by atoms with E-state index in [4.69, 9.17) is 0 Å². The highest BCUT2D eigenvalue weighted by Crippen LogP contribution is 2.58. The summed E-state index contributed by atoms with van der Waals surface area (Å²) < 4.78 is 24.2. The minimum absolute atomic E-state index is 0.00505. The molecule has 23 heavy (non-hydrogen) atoms. The quantitative estimate of drug-likeness (QED) is 0.816. The lowest BCUT2D eigenvalue weighted by atomic mass is 9.92. The Morgan fingerprint density at radius 3 is 2.61 bits per heavy atom. The number of sulfone groups is 1. The third-order valence-electron chi connectivity index (χ3n) is 5.05. The van der Waals surface area contributed by atoms with E-state index in [1.807, 2.05) is 18.2 Å². The fraction of sp³-hybridized carbons (Fsp3) is 0.588. The van der Waals surface area contributed by atoms with Crippen molar-refractivity contribution in [3.8, 4) is 0 Å². The van der Waals surface area contributed by atoms with Crippen LogP contribution in [0.1, 0.15) is 24.8 Å². The van der Waals surface area contributed by atoms with Crippen molar-refractivity contribution in [2.24, 2.45) is 11.3 Å². The fourth-order valence-electron chi connectivity index (χ4n) is 3.55. The van der Waals surface area contributed by atoms with Gasteiger partial charge in [-0.2, -0.15) is 0 Å². The number of carbonyl (C=O) groups excluding carboxylic acids is 1. The average molecular weight is 336 g/mol. The Hall–Kier alpha value is -1.40. The molecule has 2 aliphatic rings. The predicted molar refractivity (Wildman–Crippen MR) is 89.6 cm³/mol. The molecule has 1 aromatic carbocycles. The zero-order chi connectivity index (χ0) is 16.3. The second-order valence-corrected chi connectivity index (χ2v) is 8.92. The highest BCUT2D eigenvalue weighted by Gasteiger charge is 2.57. The van der Waals surface area contributed by atoms with Gasteiger partial charge in [0, 0.05) is 12.5 Å². The number of carbonyl (C=O) groups is 1. The summed E-state index contributed by atoms with van der Waals surface area (Å²) in [7, 11) is -3.19. The lowest BCUT2D eigenvalue weighted by Gasteiger charge is -2.23. The number of rotatable bonds is 6. The second kappa shape index (κ2) is 6.61. The summed E-state index contributed by atoms with van der Waals surface area (Å²) >= 11 is 0. The first-order valence-corrected chi connectivity index (χ1v) is 10.1. The van der Waals surface area contributed by atoms with E-state index < -0.39 is 9.84 Å². The van der Waals surface area contributed by atoms with Gasteiger partial charge in [-0.1, -0.05) is 30.3 Å². The van der Waals surface area contributed by atoms with Crippen LogP contribution in [-0.4, -0.2) is 39.7 Å². The van der Waals surface area contributed by atoms with E-state index in [1.54, 1.807) is 12.1 Å². The van der Waals surface area contributed by atoms with E-state index >= 15 is 0 Å². The molecule has 2 fully saturated rings. The van der Waals surface area contributed by atoms with E-state index in [0.717, 1.165) is 37.9 Å². The second-order valence-electron chi connectivity index (χ2n) is 6.74. The summed E-state index contributed by atoms with van der Waals surface area (Å²) in [4.78, 5) is 12.2. The number of amides is 1. The first kappa shape index (κ1) is 16.5. The van der Waals surface area contributed by atoms with Crippen molar-refractivity contribution < 1.29 is 13.2 Å². The number of hydrogen-bond acceptors (Lipinski definition) is 4. The first-order chi connectivity index (χ1) is 11.0. The summed E-state index contributed by atoms with van der Waals surface area (Å²) in [5, 5.41) is 6.13. The maximum Gasteiger partial charge on any atom is 0.223 e. The number of nitrogens with one attached hydrogen (secondary N) is 2. The van der Waals surface area contributed by atoms with Crippen LogP contribution in [-0.2, 0) is 20.4 Å². The van der Waals surface area contributed by atoms with Gasteiger partial charge in [-0.15, -0.1) is 0 Å². The summed E-state index contributed by atoms with van der Waals surface area (Å²) in [5.74, 6) is 0.140. The van der Waals surface area contributed by atoms with Gasteiger partial charge in [0.15, 0.2) is 9.84 Å². The van der Waals surface area contributed by atoms with Crippen molar-refractivity contribution in [1.82, 2.24) is 10.6 Å². The summed E-state index contributed by atoms with van der Waals surface area (Å²) in [6, 6.07) is 9.14. The van der Waals surface area contributed by atoms with E-state index in [0.29, 0.717) is 0 Å². The molecule has 1 saturated carbocycles. The van der Waals surface area contributed by atoms with Crippen molar-refractivity contribution >= 4 is 15.7 Å². The molecule has 1 aliphatic carbocycles. The van der Waals surface area contributed by atoms with Crippen LogP contribution in [0, 0.1) is 11.3 Å². The highest BCUT2D eigenvalue weighted by atomic mass is 32.2. The molecular formula is C17H24N2O3S. The smallest absolute Gasteiger partial charge is 0.223 e. The Balaban J connectivity index is 1.43. The summed E-state index contributed by atoms with van der Waals surface area (Å²) in [5.41, 5.74) is 0.979. The lowest BCUT2D eigenvalue weighted by molar-refractivity contribution is -0.123. The van der Waals surface area contributed by atoms with Gasteiger partial charge >= 0.3 is 0 Å². The zero-order valence-electron chi connectivity index (χ0n) is 13.3. The van der Waals surface area contributed by atoms with E-state index in [9.17, 15) is 13.2 Å². The molecule has 0 bridgehead atoms. The largest absolute Gasteiger partial charge is 0.355 e. The van der Waals surface area contributed by atoms with Gasteiger partial charge in [0.05, 0.1) is 11.5 Å². The Morgan fingerprint density at radius 1 is 1.22 bits per heavy atom. The van der Waals surface area contributed by atoms with Crippen molar-refractivity contribution in [2.75, 3.05) is 25.4 Å². The standard InChI is InChI=1S/C17H24N2O3S/c20-16(15-12-17(15)6-8-18-9-7-17)19-10-11-23(21,22)13-14-4-2-1-3-5-14/h1-5,15,18H,6-13H2,(H,19,20). The molecule has 1 amide bonds. The number of benzene rings is 1. The molecule has 1 saturated heterocycles. The molecule has 0 aromatic heterocycles. The topological polar surface area (TPSA) is 75.3 Å². The van der Waals surface area contributed by atoms with Crippen molar-refractivity contribution in [2.45, 2.75) is 25.0 Å². The van der Waals surface area contributed by atoms with Crippen LogP contribution in [0.4, 0.5) is 0 Å². The van der Waals surface area contributed by atoms with Crippen LogP contribution < -0.4 is 10.6 Å². The SMILES string of the molecule is O=C(NCCS(=O)(=O)Cc1ccccc1)C1CC12CCNCC2. The average Bonchev–Trinajstić information content (AvgIpc) is 3.21. The molecule has 6 heteroatoms. The summed E-state index contributed by atoms with van der Waals surface area (Å²) in [6.07, 6.45) is 3.06. The van der Waals surface area contributed by atoms with Crippen molar-refractivity contribution in [3.05, 3.63) is 35.9 Å². The molecular weight excluding hydrogens is 312 g/mol. The Bertz CT molecular complexity index is 652. The maximum absolute atomic E-state index is 12.2. The monoisotopic (exact) mass is 336 g/mol.